The Labute approximate surface area is 271 Å². The molecule has 1 amide bonds. The molecule has 0 saturated carbocycles. The van der Waals surface area contributed by atoms with Crippen molar-refractivity contribution in [1.29, 1.82) is 0 Å². The van der Waals surface area contributed by atoms with Gasteiger partial charge in [0.25, 0.3) is 0 Å². The molecule has 244 valence electrons. The molecule has 0 saturated heterocycles. The van der Waals surface area contributed by atoms with Gasteiger partial charge in [-0.05, 0) is 51.8 Å². The van der Waals surface area contributed by atoms with Crippen molar-refractivity contribution >= 4 is 22.7 Å². The Bertz CT molecular complexity index is 1990. The maximum Gasteiger partial charge on any atom is 0.473 e. The van der Waals surface area contributed by atoms with E-state index in [1.165, 1.54) is 9.13 Å². The van der Waals surface area contributed by atoms with Gasteiger partial charge in [0.2, 0.25) is 5.62 Å². The SMILES string of the molecule is CC(C)(C)c1cc(C(=O)Cn2c(=NC(=O)C(F)(F)F)n(Cc3ccc(-c4ccccc4)cc3)c3ccccc32)cc(C(C)(C)C)c1O. The van der Waals surface area contributed by atoms with Crippen molar-refractivity contribution in [2.24, 2.45) is 4.99 Å². The zero-order valence-electron chi connectivity index (χ0n) is 27.3. The van der Waals surface area contributed by atoms with Gasteiger partial charge >= 0.3 is 12.1 Å². The fourth-order valence-corrected chi connectivity index (χ4v) is 5.66. The van der Waals surface area contributed by atoms with Gasteiger partial charge in [-0.3, -0.25) is 9.59 Å². The lowest BCUT2D eigenvalue weighted by atomic mass is 9.78. The standard InChI is InChI=1S/C38H38F3N3O3/c1-36(2,3)28-20-27(21-29(33(28)46)37(4,5)6)32(45)23-44-31-15-11-10-14-30(31)43(35(44)42-34(47)38(39,40)41)22-24-16-18-26(19-17-24)25-12-8-7-9-13-25/h7-21,46H,22-23H2,1-6H3. The number of carbonyl (C=O) groups excluding carboxylic acids is 2. The molecule has 0 radical (unpaired) electrons. The van der Waals surface area contributed by atoms with Crippen LogP contribution < -0.4 is 5.62 Å². The van der Waals surface area contributed by atoms with Crippen LogP contribution in [0.1, 0.15) is 68.6 Å². The van der Waals surface area contributed by atoms with E-state index in [0.717, 1.165) is 16.7 Å². The molecule has 5 rings (SSSR count). The molecule has 0 fully saturated rings. The first-order chi connectivity index (χ1) is 21.9. The van der Waals surface area contributed by atoms with Crippen LogP contribution in [0.25, 0.3) is 22.2 Å². The van der Waals surface area contributed by atoms with Crippen molar-refractivity contribution in [1.82, 2.24) is 9.13 Å². The van der Waals surface area contributed by atoms with Crippen molar-refractivity contribution in [2.45, 2.75) is 71.6 Å². The van der Waals surface area contributed by atoms with E-state index in [1.54, 1.807) is 36.4 Å². The van der Waals surface area contributed by atoms with Crippen molar-refractivity contribution in [3.05, 3.63) is 119 Å². The summed E-state index contributed by atoms with van der Waals surface area (Å²) in [5.74, 6) is -2.57. The smallest absolute Gasteiger partial charge is 0.473 e. The fourth-order valence-electron chi connectivity index (χ4n) is 5.66. The quantitative estimate of drug-likeness (QED) is 0.190. The minimum atomic E-state index is -5.21. The number of aromatic hydroxyl groups is 1. The van der Waals surface area contributed by atoms with Crippen LogP contribution in [0.5, 0.6) is 5.75 Å². The summed E-state index contributed by atoms with van der Waals surface area (Å²) in [4.78, 5) is 30.0. The largest absolute Gasteiger partial charge is 0.507 e. The predicted molar refractivity (Wildman–Crippen MR) is 177 cm³/mol. The second kappa shape index (κ2) is 12.4. The Hall–Kier alpha value is -4.92. The number of alkyl halides is 3. The number of aromatic nitrogens is 2. The zero-order valence-corrected chi connectivity index (χ0v) is 27.3. The summed E-state index contributed by atoms with van der Waals surface area (Å²) < 4.78 is 43.7. The van der Waals surface area contributed by atoms with E-state index >= 15 is 0 Å². The van der Waals surface area contributed by atoms with E-state index in [9.17, 15) is 27.9 Å². The summed E-state index contributed by atoms with van der Waals surface area (Å²) >= 11 is 0. The van der Waals surface area contributed by atoms with Crippen molar-refractivity contribution in [3.8, 4) is 16.9 Å². The zero-order chi connectivity index (χ0) is 34.3. The van der Waals surface area contributed by atoms with Gasteiger partial charge in [-0.25, -0.2) is 0 Å². The number of phenolic OH excluding ortho intramolecular Hbond substituents is 1. The third kappa shape index (κ3) is 7.09. The van der Waals surface area contributed by atoms with Gasteiger partial charge in [0.1, 0.15) is 5.75 Å². The van der Waals surface area contributed by atoms with Crippen LogP contribution in [0.3, 0.4) is 0 Å². The topological polar surface area (TPSA) is 76.6 Å². The number of ketones is 1. The number of rotatable bonds is 6. The third-order valence-electron chi connectivity index (χ3n) is 8.14. The number of carbonyl (C=O) groups is 2. The summed E-state index contributed by atoms with van der Waals surface area (Å²) in [7, 11) is 0. The summed E-state index contributed by atoms with van der Waals surface area (Å²) in [6.07, 6.45) is -5.21. The highest BCUT2D eigenvalue weighted by Crippen LogP contribution is 2.40. The van der Waals surface area contributed by atoms with E-state index in [2.05, 4.69) is 4.99 Å². The number of nitrogens with zero attached hydrogens (tertiary/aromatic N) is 3. The number of phenols is 1. The molecule has 0 spiro atoms. The van der Waals surface area contributed by atoms with Gasteiger partial charge in [-0.1, -0.05) is 108 Å². The molecule has 0 unspecified atom stereocenters. The molecule has 9 heteroatoms. The molecule has 0 aliphatic carbocycles. The van der Waals surface area contributed by atoms with E-state index in [4.69, 9.17) is 0 Å². The molecular weight excluding hydrogens is 603 g/mol. The van der Waals surface area contributed by atoms with E-state index in [0.29, 0.717) is 27.7 Å². The van der Waals surface area contributed by atoms with Gasteiger partial charge < -0.3 is 14.2 Å². The number of fused-ring (bicyclic) bond motifs is 1. The average molecular weight is 642 g/mol. The summed E-state index contributed by atoms with van der Waals surface area (Å²) in [5.41, 5.74) is 3.88. The molecule has 5 aromatic rings. The molecule has 47 heavy (non-hydrogen) atoms. The lowest BCUT2D eigenvalue weighted by Crippen LogP contribution is -2.33. The van der Waals surface area contributed by atoms with Crippen LogP contribution in [0.4, 0.5) is 13.2 Å². The molecule has 1 N–H and O–H groups in total. The lowest BCUT2D eigenvalue weighted by molar-refractivity contribution is -0.169. The van der Waals surface area contributed by atoms with Crippen LogP contribution in [0.15, 0.2) is 96.0 Å². The number of amides is 1. The van der Waals surface area contributed by atoms with Gasteiger partial charge in [0.05, 0.1) is 24.1 Å². The molecule has 0 aliphatic rings. The maximum atomic E-state index is 14.0. The minimum absolute atomic E-state index is 0.0995. The van der Waals surface area contributed by atoms with Crippen molar-refractivity contribution in [3.63, 3.8) is 0 Å². The number of halogens is 3. The molecule has 0 bridgehead atoms. The Kier molecular flexibility index (Phi) is 8.79. The molecule has 6 nitrogen and oxygen atoms in total. The number of imidazole rings is 1. The summed E-state index contributed by atoms with van der Waals surface area (Å²) in [6, 6.07) is 27.5. The van der Waals surface area contributed by atoms with E-state index in [1.807, 2.05) is 96.1 Å². The Morgan fingerprint density at radius 1 is 0.702 bits per heavy atom. The average Bonchev–Trinajstić information content (AvgIpc) is 3.27. The van der Waals surface area contributed by atoms with Crippen LogP contribution in [0, 0.1) is 0 Å². The molecule has 4 aromatic carbocycles. The van der Waals surface area contributed by atoms with E-state index in [-0.39, 0.29) is 24.5 Å². The maximum absolute atomic E-state index is 14.0. The van der Waals surface area contributed by atoms with Gasteiger partial charge in [0, 0.05) is 16.7 Å². The van der Waals surface area contributed by atoms with Crippen LogP contribution in [-0.4, -0.2) is 32.1 Å². The molecule has 1 heterocycles. The number of Topliss-reactive ketones (excluding diaryl/α,β-unsaturated/α-hetero) is 1. The first-order valence-corrected chi connectivity index (χ1v) is 15.3. The Morgan fingerprint density at radius 3 is 1.70 bits per heavy atom. The first kappa shape index (κ1) is 33.4. The molecule has 1 aromatic heterocycles. The molecular formula is C38H38F3N3O3. The monoisotopic (exact) mass is 641 g/mol. The third-order valence-corrected chi connectivity index (χ3v) is 8.14. The summed E-state index contributed by atoms with van der Waals surface area (Å²) in [6.45, 7) is 11.3. The fraction of sp³-hybridized carbons (Fsp3) is 0.289. The Morgan fingerprint density at radius 2 is 1.19 bits per heavy atom. The molecule has 0 aliphatic heterocycles. The number of benzene rings is 4. The second-order valence-electron chi connectivity index (χ2n) is 13.8. The number of para-hydroxylation sites is 2. The minimum Gasteiger partial charge on any atom is -0.507 e. The number of hydrogen-bond donors (Lipinski definition) is 1. The second-order valence-corrected chi connectivity index (χ2v) is 13.8. The van der Waals surface area contributed by atoms with Crippen LogP contribution >= 0.6 is 0 Å². The molecule has 0 atom stereocenters. The normalized spacial score (nSPS) is 12.9. The predicted octanol–water partition coefficient (Wildman–Crippen LogP) is 8.33. The van der Waals surface area contributed by atoms with Gasteiger partial charge in [-0.15, -0.1) is 0 Å². The number of hydrogen-bond acceptors (Lipinski definition) is 3. The van der Waals surface area contributed by atoms with Crippen LogP contribution in [0.2, 0.25) is 0 Å². The van der Waals surface area contributed by atoms with E-state index < -0.39 is 28.7 Å². The van der Waals surface area contributed by atoms with Crippen molar-refractivity contribution in [2.75, 3.05) is 0 Å². The van der Waals surface area contributed by atoms with Crippen LogP contribution in [-0.2, 0) is 28.7 Å². The van der Waals surface area contributed by atoms with Crippen molar-refractivity contribution < 1.29 is 27.9 Å². The first-order valence-electron chi connectivity index (χ1n) is 15.3. The van der Waals surface area contributed by atoms with Gasteiger partial charge in [0.15, 0.2) is 5.78 Å². The lowest BCUT2D eigenvalue weighted by Gasteiger charge is -2.28. The highest BCUT2D eigenvalue weighted by molar-refractivity contribution is 5.97. The van der Waals surface area contributed by atoms with Gasteiger partial charge in [-0.2, -0.15) is 18.2 Å². The summed E-state index contributed by atoms with van der Waals surface area (Å²) in [5, 5.41) is 11.2. The highest BCUT2D eigenvalue weighted by atomic mass is 19.4. The highest BCUT2D eigenvalue weighted by Gasteiger charge is 2.39. The Balaban J connectivity index is 1.66.